The fourth-order valence-electron chi connectivity index (χ4n) is 2.37. The molecule has 0 saturated carbocycles. The molecule has 110 valence electrons. The molecule has 2 rings (SSSR count). The Balaban J connectivity index is 1.91. The van der Waals surface area contributed by atoms with Crippen molar-refractivity contribution in [2.24, 2.45) is 0 Å². The van der Waals surface area contributed by atoms with Crippen LogP contribution in [-0.4, -0.2) is 30.1 Å². The molecule has 3 nitrogen and oxygen atoms in total. The molecule has 0 radical (unpaired) electrons. The Kier molecular flexibility index (Phi) is 5.52. The van der Waals surface area contributed by atoms with E-state index in [9.17, 15) is 4.79 Å². The van der Waals surface area contributed by atoms with Gasteiger partial charge in [-0.05, 0) is 43.2 Å². The van der Waals surface area contributed by atoms with E-state index in [-0.39, 0.29) is 5.97 Å². The number of ether oxygens (including phenoxy) is 1. The van der Waals surface area contributed by atoms with Gasteiger partial charge in [0.15, 0.2) is 0 Å². The third-order valence-electron chi connectivity index (χ3n) is 3.59. The summed E-state index contributed by atoms with van der Waals surface area (Å²) in [5.41, 5.74) is 1.73. The molecule has 1 unspecified atom stereocenters. The summed E-state index contributed by atoms with van der Waals surface area (Å²) >= 11 is 5.58. The molecule has 1 aliphatic rings. The largest absolute Gasteiger partial charge is 0.465 e. The van der Waals surface area contributed by atoms with Gasteiger partial charge in [0.1, 0.15) is 0 Å². The van der Waals surface area contributed by atoms with Crippen LogP contribution in [0.15, 0.2) is 22.7 Å². The van der Waals surface area contributed by atoms with Crippen LogP contribution in [0.4, 0.5) is 0 Å². The van der Waals surface area contributed by atoms with Crippen LogP contribution in [0.1, 0.15) is 35.7 Å². The van der Waals surface area contributed by atoms with Crippen molar-refractivity contribution in [3.05, 3.63) is 33.8 Å². The predicted molar refractivity (Wildman–Crippen MR) is 87.3 cm³/mol. The molecule has 20 heavy (non-hydrogen) atoms. The molecule has 0 amide bonds. The van der Waals surface area contributed by atoms with Gasteiger partial charge in [-0.15, -0.1) is 0 Å². The second-order valence-corrected chi connectivity index (χ2v) is 7.84. The van der Waals surface area contributed by atoms with E-state index in [1.807, 2.05) is 12.1 Å². The topological polar surface area (TPSA) is 38.3 Å². The highest BCUT2D eigenvalue weighted by molar-refractivity contribution is 9.10. The summed E-state index contributed by atoms with van der Waals surface area (Å²) in [6.45, 7) is 4.15. The summed E-state index contributed by atoms with van der Waals surface area (Å²) in [5, 5.41) is 3.52. The van der Waals surface area contributed by atoms with E-state index in [0.717, 1.165) is 23.1 Å². The van der Waals surface area contributed by atoms with E-state index in [2.05, 4.69) is 39.9 Å². The lowest BCUT2D eigenvalue weighted by Crippen LogP contribution is -2.32. The number of hydrogen-bond donors (Lipinski definition) is 1. The molecular weight excluding hydrogens is 338 g/mol. The number of benzene rings is 1. The molecule has 1 N–H and O–H groups in total. The maximum Gasteiger partial charge on any atom is 0.337 e. The summed E-state index contributed by atoms with van der Waals surface area (Å²) in [5.74, 6) is 0.968. The smallest absolute Gasteiger partial charge is 0.337 e. The Labute approximate surface area is 133 Å². The molecule has 0 aromatic heterocycles. The predicted octanol–water partition coefficient (Wildman–Crippen LogP) is 3.61. The van der Waals surface area contributed by atoms with Crippen molar-refractivity contribution in [2.75, 3.05) is 19.4 Å². The first-order chi connectivity index (χ1) is 9.54. The number of nitrogens with one attached hydrogen (secondary N) is 1. The Morgan fingerprint density at radius 3 is 2.95 bits per heavy atom. The fourth-order valence-corrected chi connectivity index (χ4v) is 4.17. The van der Waals surface area contributed by atoms with Crippen LogP contribution in [0, 0.1) is 0 Å². The first-order valence-corrected chi connectivity index (χ1v) is 8.53. The van der Waals surface area contributed by atoms with E-state index in [1.54, 1.807) is 6.07 Å². The van der Waals surface area contributed by atoms with Crippen molar-refractivity contribution < 1.29 is 9.53 Å². The standard InChI is InChI=1S/C15H20BrNO2S/c1-15(6-3-7-20-15)10-17-9-12-5-4-11(8-13(12)16)14(18)19-2/h4-5,8,17H,3,6-7,9-10H2,1-2H3. The van der Waals surface area contributed by atoms with Crippen LogP contribution in [0.3, 0.4) is 0 Å². The number of carbonyl (C=O) groups is 1. The molecule has 0 aliphatic carbocycles. The summed E-state index contributed by atoms with van der Waals surface area (Å²) in [7, 11) is 1.39. The molecule has 1 fully saturated rings. The first-order valence-electron chi connectivity index (χ1n) is 6.75. The third kappa shape index (κ3) is 3.99. The molecule has 1 atom stereocenters. The van der Waals surface area contributed by atoms with Gasteiger partial charge in [0.25, 0.3) is 0 Å². The van der Waals surface area contributed by atoms with Crippen molar-refractivity contribution in [3.8, 4) is 0 Å². The molecule has 1 saturated heterocycles. The lowest BCUT2D eigenvalue weighted by Gasteiger charge is -2.23. The molecular formula is C15H20BrNO2S. The van der Waals surface area contributed by atoms with Crippen molar-refractivity contribution >= 4 is 33.7 Å². The number of halogens is 1. The lowest BCUT2D eigenvalue weighted by molar-refractivity contribution is 0.0600. The highest BCUT2D eigenvalue weighted by atomic mass is 79.9. The summed E-state index contributed by atoms with van der Waals surface area (Å²) in [4.78, 5) is 11.4. The molecule has 1 aromatic rings. The monoisotopic (exact) mass is 357 g/mol. The quantitative estimate of drug-likeness (QED) is 0.816. The van der Waals surface area contributed by atoms with Gasteiger partial charge in [0.05, 0.1) is 12.7 Å². The van der Waals surface area contributed by atoms with Gasteiger partial charge in [0.2, 0.25) is 0 Å². The van der Waals surface area contributed by atoms with Gasteiger partial charge in [-0.3, -0.25) is 0 Å². The minimum atomic E-state index is -0.305. The van der Waals surface area contributed by atoms with Crippen LogP contribution in [0.25, 0.3) is 0 Å². The SMILES string of the molecule is COC(=O)c1ccc(CNCC2(C)CCCS2)c(Br)c1. The molecule has 0 spiro atoms. The Bertz CT molecular complexity index is 487. The van der Waals surface area contributed by atoms with Crippen LogP contribution in [0.2, 0.25) is 0 Å². The van der Waals surface area contributed by atoms with Crippen molar-refractivity contribution in [3.63, 3.8) is 0 Å². The summed E-state index contributed by atoms with van der Waals surface area (Å²) < 4.78 is 6.03. The Hall–Kier alpha value is -0.520. The maximum absolute atomic E-state index is 11.4. The van der Waals surface area contributed by atoms with Gasteiger partial charge < -0.3 is 10.1 Å². The van der Waals surface area contributed by atoms with Crippen molar-refractivity contribution in [1.29, 1.82) is 0 Å². The maximum atomic E-state index is 11.4. The van der Waals surface area contributed by atoms with E-state index >= 15 is 0 Å². The third-order valence-corrected chi connectivity index (χ3v) is 5.87. The average molecular weight is 358 g/mol. The van der Waals surface area contributed by atoms with Crippen LogP contribution in [0.5, 0.6) is 0 Å². The average Bonchev–Trinajstić information content (AvgIpc) is 2.86. The second kappa shape index (κ2) is 6.96. The Morgan fingerprint density at radius 1 is 1.55 bits per heavy atom. The van der Waals surface area contributed by atoms with Crippen molar-refractivity contribution in [2.45, 2.75) is 31.1 Å². The van der Waals surface area contributed by atoms with Crippen LogP contribution in [-0.2, 0) is 11.3 Å². The minimum Gasteiger partial charge on any atom is -0.465 e. The molecule has 1 aromatic carbocycles. The van der Waals surface area contributed by atoms with E-state index in [0.29, 0.717) is 10.3 Å². The molecule has 5 heteroatoms. The van der Waals surface area contributed by atoms with E-state index in [4.69, 9.17) is 4.74 Å². The van der Waals surface area contributed by atoms with Crippen LogP contribution >= 0.6 is 27.7 Å². The number of carbonyl (C=O) groups excluding carboxylic acids is 1. The van der Waals surface area contributed by atoms with E-state index < -0.39 is 0 Å². The number of hydrogen-bond acceptors (Lipinski definition) is 4. The zero-order valence-electron chi connectivity index (χ0n) is 11.9. The van der Waals surface area contributed by atoms with Crippen molar-refractivity contribution in [1.82, 2.24) is 5.32 Å². The zero-order chi connectivity index (χ0) is 14.6. The van der Waals surface area contributed by atoms with Gasteiger partial charge in [-0.2, -0.15) is 11.8 Å². The summed E-state index contributed by atoms with van der Waals surface area (Å²) in [6, 6.07) is 5.59. The fraction of sp³-hybridized carbons (Fsp3) is 0.533. The minimum absolute atomic E-state index is 0.305. The van der Waals surface area contributed by atoms with Gasteiger partial charge in [-0.1, -0.05) is 22.0 Å². The number of thioether (sulfide) groups is 1. The zero-order valence-corrected chi connectivity index (χ0v) is 14.3. The summed E-state index contributed by atoms with van der Waals surface area (Å²) in [6.07, 6.45) is 2.60. The van der Waals surface area contributed by atoms with Gasteiger partial charge in [0, 0.05) is 22.3 Å². The highest BCUT2D eigenvalue weighted by Gasteiger charge is 2.28. The lowest BCUT2D eigenvalue weighted by atomic mass is 10.1. The highest BCUT2D eigenvalue weighted by Crippen LogP contribution is 2.37. The number of rotatable bonds is 5. The normalized spacial score (nSPS) is 21.9. The second-order valence-electron chi connectivity index (χ2n) is 5.30. The van der Waals surface area contributed by atoms with Crippen LogP contribution < -0.4 is 5.32 Å². The molecule has 1 aliphatic heterocycles. The number of methoxy groups -OCH3 is 1. The number of esters is 1. The van der Waals surface area contributed by atoms with Gasteiger partial charge >= 0.3 is 5.97 Å². The molecule has 1 heterocycles. The Morgan fingerprint density at radius 2 is 2.35 bits per heavy atom. The molecule has 0 bridgehead atoms. The van der Waals surface area contributed by atoms with Gasteiger partial charge in [-0.25, -0.2) is 4.79 Å². The van der Waals surface area contributed by atoms with E-state index in [1.165, 1.54) is 25.7 Å². The first kappa shape index (κ1) is 15.9.